The van der Waals surface area contributed by atoms with Crippen LogP contribution in [-0.4, -0.2) is 30.7 Å². The highest BCUT2D eigenvalue weighted by atomic mass is 79.9. The number of methoxy groups -OCH3 is 1. The van der Waals surface area contributed by atoms with Crippen molar-refractivity contribution in [2.45, 2.75) is 51.9 Å². The van der Waals surface area contributed by atoms with Crippen LogP contribution in [0.5, 0.6) is 5.75 Å². The van der Waals surface area contributed by atoms with Crippen LogP contribution in [0.1, 0.15) is 70.2 Å². The van der Waals surface area contributed by atoms with E-state index in [0.29, 0.717) is 28.5 Å². The van der Waals surface area contributed by atoms with Gasteiger partial charge in [-0.2, -0.15) is 0 Å². The Morgan fingerprint density at radius 1 is 1.22 bits per heavy atom. The average Bonchev–Trinajstić information content (AvgIpc) is 3.34. The maximum absolute atomic E-state index is 12.9. The van der Waals surface area contributed by atoms with Crippen molar-refractivity contribution < 1.29 is 19.1 Å². The summed E-state index contributed by atoms with van der Waals surface area (Å²) in [6, 6.07) is 5.32. The quantitative estimate of drug-likeness (QED) is 0.236. The molecule has 0 spiro atoms. The lowest BCUT2D eigenvalue weighted by molar-refractivity contribution is 0.0601. The Balaban J connectivity index is 1.68. The van der Waals surface area contributed by atoms with Crippen LogP contribution in [0.25, 0.3) is 0 Å². The Bertz CT molecular complexity index is 1010. The van der Waals surface area contributed by atoms with Gasteiger partial charge >= 0.3 is 5.97 Å². The predicted octanol–water partition coefficient (Wildman–Crippen LogP) is 5.87. The summed E-state index contributed by atoms with van der Waals surface area (Å²) in [5, 5.41) is 6.45. The molecule has 9 heteroatoms. The van der Waals surface area contributed by atoms with Gasteiger partial charge in [0.2, 0.25) is 0 Å². The molecule has 6 nitrogen and oxygen atoms in total. The van der Waals surface area contributed by atoms with Crippen LogP contribution >= 0.6 is 39.5 Å². The topological polar surface area (TPSA) is 76.7 Å². The predicted molar refractivity (Wildman–Crippen MR) is 135 cm³/mol. The third-order valence-electron chi connectivity index (χ3n) is 5.21. The third-order valence-corrected chi connectivity index (χ3v) is 7.11. The van der Waals surface area contributed by atoms with Crippen molar-refractivity contribution >= 4 is 61.5 Å². The highest BCUT2D eigenvalue weighted by Gasteiger charge is 2.28. The molecule has 0 saturated carbocycles. The Hall–Kier alpha value is -1.97. The lowest BCUT2D eigenvalue weighted by Gasteiger charge is -2.14. The number of ether oxygens (including phenoxy) is 2. The summed E-state index contributed by atoms with van der Waals surface area (Å²) in [6.07, 6.45) is 7.14. The largest absolute Gasteiger partial charge is 0.493 e. The lowest BCUT2D eigenvalue weighted by atomic mass is 10.1. The van der Waals surface area contributed by atoms with Gasteiger partial charge in [0.25, 0.3) is 5.91 Å². The molecule has 1 heterocycles. The fourth-order valence-electron chi connectivity index (χ4n) is 3.63. The van der Waals surface area contributed by atoms with Gasteiger partial charge < -0.3 is 14.8 Å². The van der Waals surface area contributed by atoms with Gasteiger partial charge in [0.1, 0.15) is 10.8 Å². The number of esters is 1. The number of carbonyl (C=O) groups excluding carboxylic acids is 2. The minimum absolute atomic E-state index is 0.119. The number of aryl methyl sites for hydroxylation is 1. The Labute approximate surface area is 206 Å². The number of hydrogen-bond donors (Lipinski definition) is 2. The zero-order valence-electron chi connectivity index (χ0n) is 18.2. The van der Waals surface area contributed by atoms with Gasteiger partial charge in [0, 0.05) is 9.35 Å². The number of amides is 1. The molecule has 172 valence electrons. The van der Waals surface area contributed by atoms with E-state index in [-0.39, 0.29) is 11.0 Å². The van der Waals surface area contributed by atoms with Crippen molar-refractivity contribution in [1.29, 1.82) is 0 Å². The van der Waals surface area contributed by atoms with Gasteiger partial charge in [-0.3, -0.25) is 10.1 Å². The molecular formula is C23H27BrN2O4S2. The van der Waals surface area contributed by atoms with E-state index in [4.69, 9.17) is 21.7 Å². The van der Waals surface area contributed by atoms with Gasteiger partial charge in [0.05, 0.1) is 24.8 Å². The first-order chi connectivity index (χ1) is 15.4. The van der Waals surface area contributed by atoms with E-state index in [1.165, 1.54) is 18.4 Å². The molecule has 1 aliphatic rings. The first kappa shape index (κ1) is 24.7. The second kappa shape index (κ2) is 11.8. The number of carbonyl (C=O) groups is 2. The van der Waals surface area contributed by atoms with Crippen molar-refractivity contribution in [3.63, 3.8) is 0 Å². The zero-order valence-corrected chi connectivity index (χ0v) is 21.4. The first-order valence-electron chi connectivity index (χ1n) is 10.7. The van der Waals surface area contributed by atoms with E-state index in [9.17, 15) is 9.59 Å². The molecule has 0 radical (unpaired) electrons. The molecule has 3 rings (SSSR count). The number of fused-ring (bicyclic) bond motifs is 1. The summed E-state index contributed by atoms with van der Waals surface area (Å²) in [6.45, 7) is 2.71. The summed E-state index contributed by atoms with van der Waals surface area (Å²) in [7, 11) is 1.36. The van der Waals surface area contributed by atoms with E-state index in [0.717, 1.165) is 59.9 Å². The number of nitrogens with one attached hydrogen (secondary N) is 2. The minimum Gasteiger partial charge on any atom is -0.493 e. The molecule has 0 fully saturated rings. The first-order valence-corrected chi connectivity index (χ1v) is 12.7. The molecule has 32 heavy (non-hydrogen) atoms. The van der Waals surface area contributed by atoms with Crippen LogP contribution in [0.2, 0.25) is 0 Å². The number of thiophene rings is 1. The van der Waals surface area contributed by atoms with E-state index >= 15 is 0 Å². The number of benzene rings is 1. The molecule has 0 bridgehead atoms. The van der Waals surface area contributed by atoms with Crippen molar-refractivity contribution in [2.24, 2.45) is 0 Å². The highest BCUT2D eigenvalue weighted by Crippen LogP contribution is 2.39. The number of rotatable bonds is 9. The fourth-order valence-corrected chi connectivity index (χ4v) is 5.53. The number of thiocarbonyl (C=S) groups is 1. The van der Waals surface area contributed by atoms with Crippen LogP contribution in [0, 0.1) is 0 Å². The van der Waals surface area contributed by atoms with Crippen LogP contribution in [0.4, 0.5) is 5.00 Å². The molecule has 1 aromatic carbocycles. The normalized spacial score (nSPS) is 12.2. The van der Waals surface area contributed by atoms with Gasteiger partial charge in [-0.1, -0.05) is 42.1 Å². The molecule has 0 unspecified atom stereocenters. The molecule has 0 atom stereocenters. The van der Waals surface area contributed by atoms with Gasteiger partial charge in [-0.25, -0.2) is 4.79 Å². The van der Waals surface area contributed by atoms with E-state index in [2.05, 4.69) is 33.5 Å². The number of halogens is 1. The number of anilines is 1. The molecule has 0 aliphatic heterocycles. The summed E-state index contributed by atoms with van der Waals surface area (Å²) >= 11 is 10.3. The van der Waals surface area contributed by atoms with E-state index in [1.54, 1.807) is 12.1 Å². The maximum atomic E-state index is 12.9. The van der Waals surface area contributed by atoms with Crippen LogP contribution < -0.4 is 15.4 Å². The summed E-state index contributed by atoms with van der Waals surface area (Å²) < 4.78 is 11.6. The monoisotopic (exact) mass is 538 g/mol. The Kier molecular flexibility index (Phi) is 9.07. The zero-order chi connectivity index (χ0) is 23.1. The SMILES string of the molecule is CCCCCCOc1ccc(Br)cc1C(=O)NC(=S)Nc1sc2c(c1C(=O)OC)CCC2. The Morgan fingerprint density at radius 2 is 2.03 bits per heavy atom. The van der Waals surface area contributed by atoms with Crippen LogP contribution in [-0.2, 0) is 17.6 Å². The van der Waals surface area contributed by atoms with Crippen molar-refractivity contribution in [3.8, 4) is 5.75 Å². The van der Waals surface area contributed by atoms with Crippen molar-refractivity contribution in [3.05, 3.63) is 44.2 Å². The van der Waals surface area contributed by atoms with E-state index < -0.39 is 5.97 Å². The van der Waals surface area contributed by atoms with Crippen LogP contribution in [0.15, 0.2) is 22.7 Å². The fraction of sp³-hybridized carbons (Fsp3) is 0.435. The third kappa shape index (κ3) is 6.08. The standard InChI is InChI=1S/C23H27BrN2O4S2/c1-3-4-5-6-12-30-17-11-10-14(24)13-16(17)20(27)25-23(31)26-21-19(22(28)29-2)15-8-7-9-18(15)32-21/h10-11,13H,3-9,12H2,1-2H3,(H2,25,26,27,31). The number of hydrogen-bond acceptors (Lipinski definition) is 6. The smallest absolute Gasteiger partial charge is 0.341 e. The lowest BCUT2D eigenvalue weighted by Crippen LogP contribution is -2.34. The van der Waals surface area contributed by atoms with Crippen LogP contribution in [0.3, 0.4) is 0 Å². The molecule has 0 saturated heterocycles. The summed E-state index contributed by atoms with van der Waals surface area (Å²) in [5.74, 6) is -0.266. The summed E-state index contributed by atoms with van der Waals surface area (Å²) in [4.78, 5) is 26.4. The maximum Gasteiger partial charge on any atom is 0.341 e. The van der Waals surface area contributed by atoms with Crippen molar-refractivity contribution in [2.75, 3.05) is 19.0 Å². The van der Waals surface area contributed by atoms with Gasteiger partial charge in [-0.05, 0) is 61.7 Å². The Morgan fingerprint density at radius 3 is 2.78 bits per heavy atom. The highest BCUT2D eigenvalue weighted by molar-refractivity contribution is 9.10. The second-order valence-corrected chi connectivity index (χ2v) is 9.94. The molecule has 1 amide bonds. The molecule has 2 N–H and O–H groups in total. The van der Waals surface area contributed by atoms with Crippen molar-refractivity contribution in [1.82, 2.24) is 5.32 Å². The molecule has 2 aromatic rings. The number of unbranched alkanes of at least 4 members (excludes halogenated alkanes) is 3. The minimum atomic E-state index is -0.397. The molecule has 1 aromatic heterocycles. The average molecular weight is 540 g/mol. The molecular weight excluding hydrogens is 512 g/mol. The van der Waals surface area contributed by atoms with Gasteiger partial charge in [0.15, 0.2) is 5.11 Å². The van der Waals surface area contributed by atoms with E-state index in [1.807, 2.05) is 6.07 Å². The second-order valence-electron chi connectivity index (χ2n) is 7.51. The summed E-state index contributed by atoms with van der Waals surface area (Å²) in [5.41, 5.74) is 1.92. The van der Waals surface area contributed by atoms with Gasteiger partial charge in [-0.15, -0.1) is 11.3 Å². The molecule has 1 aliphatic carbocycles.